The molecule has 0 N–H and O–H groups in total. The van der Waals surface area contributed by atoms with Crippen LogP contribution in [-0.4, -0.2) is 19.0 Å². The number of para-hydroxylation sites is 1. The minimum Gasteiger partial charge on any atom is -0.497 e. The zero-order valence-electron chi connectivity index (χ0n) is 13.2. The van der Waals surface area contributed by atoms with E-state index >= 15 is 0 Å². The van der Waals surface area contributed by atoms with Crippen LogP contribution in [0.15, 0.2) is 60.2 Å². The van der Waals surface area contributed by atoms with Crippen LogP contribution in [-0.2, 0) is 4.79 Å². The van der Waals surface area contributed by atoms with Crippen LogP contribution in [0.4, 0.5) is 0 Å². The number of Topliss-reactive ketones (excluding diaryl/α,β-unsaturated/α-hetero) is 1. The molecule has 0 amide bonds. The molecule has 1 aliphatic rings. The van der Waals surface area contributed by atoms with Gasteiger partial charge in [-0.25, -0.2) is 0 Å². The number of ketones is 1. The number of hydrogen-bond donors (Lipinski definition) is 0. The minimum atomic E-state index is -0.190. The van der Waals surface area contributed by atoms with E-state index in [0.717, 1.165) is 35.5 Å². The summed E-state index contributed by atoms with van der Waals surface area (Å²) < 4.78 is 11.3. The summed E-state index contributed by atoms with van der Waals surface area (Å²) in [6, 6.07) is 17.4. The van der Waals surface area contributed by atoms with Crippen LogP contribution in [0.5, 0.6) is 11.5 Å². The average Bonchev–Trinajstić information content (AvgIpc) is 2.59. The standard InChI is InChI=1S/C20H20O3/c1-22-17-10-5-7-15(13-17)14-18-19(21)11-6-12-20(18)23-16-8-3-2-4-9-16/h2-5,7-10,13-14,20H,6,11-12H2,1H3/b18-14+. The molecule has 0 heterocycles. The maximum atomic E-state index is 12.4. The summed E-state index contributed by atoms with van der Waals surface area (Å²) in [6.45, 7) is 0. The summed E-state index contributed by atoms with van der Waals surface area (Å²) >= 11 is 0. The molecule has 3 nitrogen and oxygen atoms in total. The second kappa shape index (κ2) is 7.14. The van der Waals surface area contributed by atoms with E-state index in [2.05, 4.69) is 0 Å². The van der Waals surface area contributed by atoms with Crippen molar-refractivity contribution in [3.63, 3.8) is 0 Å². The lowest BCUT2D eigenvalue weighted by molar-refractivity contribution is -0.117. The van der Waals surface area contributed by atoms with E-state index in [-0.39, 0.29) is 11.9 Å². The van der Waals surface area contributed by atoms with Crippen LogP contribution in [0.3, 0.4) is 0 Å². The van der Waals surface area contributed by atoms with Crippen molar-refractivity contribution in [2.24, 2.45) is 0 Å². The molecule has 3 rings (SSSR count). The zero-order chi connectivity index (χ0) is 16.1. The number of rotatable bonds is 4. The first kappa shape index (κ1) is 15.3. The molecule has 1 unspecified atom stereocenters. The van der Waals surface area contributed by atoms with Crippen molar-refractivity contribution >= 4 is 11.9 Å². The van der Waals surface area contributed by atoms with Crippen molar-refractivity contribution in [2.45, 2.75) is 25.4 Å². The van der Waals surface area contributed by atoms with E-state index < -0.39 is 0 Å². The lowest BCUT2D eigenvalue weighted by Crippen LogP contribution is -2.28. The molecule has 1 fully saturated rings. The normalized spacial score (nSPS) is 19.6. The predicted molar refractivity (Wildman–Crippen MR) is 90.7 cm³/mol. The molecule has 0 aliphatic heterocycles. The van der Waals surface area contributed by atoms with E-state index in [9.17, 15) is 4.79 Å². The van der Waals surface area contributed by atoms with Crippen molar-refractivity contribution in [1.29, 1.82) is 0 Å². The van der Waals surface area contributed by atoms with Crippen molar-refractivity contribution in [3.8, 4) is 11.5 Å². The Morgan fingerprint density at radius 1 is 1.04 bits per heavy atom. The molecule has 0 saturated heterocycles. The van der Waals surface area contributed by atoms with Gasteiger partial charge in [0.05, 0.1) is 7.11 Å². The Hall–Kier alpha value is -2.55. The van der Waals surface area contributed by atoms with Gasteiger partial charge in [-0.3, -0.25) is 4.79 Å². The van der Waals surface area contributed by atoms with E-state index in [1.54, 1.807) is 7.11 Å². The van der Waals surface area contributed by atoms with E-state index in [1.165, 1.54) is 0 Å². The first-order valence-corrected chi connectivity index (χ1v) is 7.87. The number of methoxy groups -OCH3 is 1. The number of hydrogen-bond acceptors (Lipinski definition) is 3. The van der Waals surface area contributed by atoms with Crippen LogP contribution in [0.25, 0.3) is 6.08 Å². The topological polar surface area (TPSA) is 35.5 Å². The molecule has 2 aromatic rings. The molecule has 3 heteroatoms. The van der Waals surface area contributed by atoms with Gasteiger partial charge in [-0.2, -0.15) is 0 Å². The number of carbonyl (C=O) groups is 1. The highest BCUT2D eigenvalue weighted by molar-refractivity contribution is 6.01. The average molecular weight is 308 g/mol. The Bertz CT molecular complexity index is 704. The molecule has 1 saturated carbocycles. The first-order valence-electron chi connectivity index (χ1n) is 7.87. The maximum Gasteiger partial charge on any atom is 0.162 e. The molecule has 118 valence electrons. The van der Waals surface area contributed by atoms with Gasteiger partial charge in [0.2, 0.25) is 0 Å². The van der Waals surface area contributed by atoms with E-state index in [1.807, 2.05) is 60.7 Å². The van der Waals surface area contributed by atoms with Crippen LogP contribution in [0.1, 0.15) is 24.8 Å². The quantitative estimate of drug-likeness (QED) is 0.791. The second-order valence-electron chi connectivity index (χ2n) is 5.61. The SMILES string of the molecule is COc1cccc(/C=C2\C(=O)CCCC2Oc2ccccc2)c1. The Labute approximate surface area is 136 Å². The third-order valence-electron chi connectivity index (χ3n) is 3.98. The van der Waals surface area contributed by atoms with Crippen LogP contribution >= 0.6 is 0 Å². The molecule has 0 bridgehead atoms. The van der Waals surface area contributed by atoms with Crippen molar-refractivity contribution in [3.05, 3.63) is 65.7 Å². The highest BCUT2D eigenvalue weighted by Crippen LogP contribution is 2.28. The van der Waals surface area contributed by atoms with Gasteiger partial charge in [0.1, 0.15) is 17.6 Å². The smallest absolute Gasteiger partial charge is 0.162 e. The van der Waals surface area contributed by atoms with E-state index in [4.69, 9.17) is 9.47 Å². The molecule has 1 aliphatic carbocycles. The van der Waals surface area contributed by atoms with Gasteiger partial charge in [-0.05, 0) is 48.7 Å². The number of carbonyl (C=O) groups excluding carboxylic acids is 1. The Kier molecular flexibility index (Phi) is 4.77. The van der Waals surface area contributed by atoms with Gasteiger partial charge < -0.3 is 9.47 Å². The van der Waals surface area contributed by atoms with Gasteiger partial charge in [-0.15, -0.1) is 0 Å². The van der Waals surface area contributed by atoms with Crippen LogP contribution < -0.4 is 9.47 Å². The monoisotopic (exact) mass is 308 g/mol. The van der Waals surface area contributed by atoms with Gasteiger partial charge in [-0.1, -0.05) is 30.3 Å². The molecule has 1 atom stereocenters. The fourth-order valence-corrected chi connectivity index (χ4v) is 2.80. The molecular weight excluding hydrogens is 288 g/mol. The lowest BCUT2D eigenvalue weighted by Gasteiger charge is -2.25. The molecular formula is C20H20O3. The summed E-state index contributed by atoms with van der Waals surface area (Å²) in [5, 5.41) is 0. The highest BCUT2D eigenvalue weighted by atomic mass is 16.5. The maximum absolute atomic E-state index is 12.4. The largest absolute Gasteiger partial charge is 0.497 e. The summed E-state index contributed by atoms with van der Waals surface area (Å²) in [6.07, 6.45) is 4.05. The summed E-state index contributed by atoms with van der Waals surface area (Å²) in [5.74, 6) is 1.74. The van der Waals surface area contributed by atoms with Crippen molar-refractivity contribution in [2.75, 3.05) is 7.11 Å². The molecule has 2 aromatic carbocycles. The lowest BCUT2D eigenvalue weighted by atomic mass is 9.89. The number of benzene rings is 2. The second-order valence-corrected chi connectivity index (χ2v) is 5.61. The number of ether oxygens (including phenoxy) is 2. The molecule has 0 spiro atoms. The summed E-state index contributed by atoms with van der Waals surface area (Å²) in [7, 11) is 1.64. The Morgan fingerprint density at radius 3 is 2.61 bits per heavy atom. The van der Waals surface area contributed by atoms with Gasteiger partial charge in [0.15, 0.2) is 5.78 Å². The third-order valence-corrected chi connectivity index (χ3v) is 3.98. The fraction of sp³-hybridized carbons (Fsp3) is 0.250. The highest BCUT2D eigenvalue weighted by Gasteiger charge is 2.27. The summed E-state index contributed by atoms with van der Waals surface area (Å²) in [4.78, 5) is 12.4. The van der Waals surface area contributed by atoms with Crippen LogP contribution in [0, 0.1) is 0 Å². The van der Waals surface area contributed by atoms with Gasteiger partial charge in [0.25, 0.3) is 0 Å². The summed E-state index contributed by atoms with van der Waals surface area (Å²) in [5.41, 5.74) is 1.70. The van der Waals surface area contributed by atoms with Gasteiger partial charge >= 0.3 is 0 Å². The molecule has 23 heavy (non-hydrogen) atoms. The molecule has 0 aromatic heterocycles. The van der Waals surface area contributed by atoms with Gasteiger partial charge in [0, 0.05) is 12.0 Å². The van der Waals surface area contributed by atoms with Crippen molar-refractivity contribution < 1.29 is 14.3 Å². The minimum absolute atomic E-state index is 0.167. The van der Waals surface area contributed by atoms with Crippen LogP contribution in [0.2, 0.25) is 0 Å². The zero-order valence-corrected chi connectivity index (χ0v) is 13.2. The third kappa shape index (κ3) is 3.81. The van der Waals surface area contributed by atoms with Crippen molar-refractivity contribution in [1.82, 2.24) is 0 Å². The first-order chi connectivity index (χ1) is 11.3. The van der Waals surface area contributed by atoms with E-state index in [0.29, 0.717) is 6.42 Å². The predicted octanol–water partition coefficient (Wildman–Crippen LogP) is 4.28. The fourth-order valence-electron chi connectivity index (χ4n) is 2.80. The Morgan fingerprint density at radius 2 is 1.83 bits per heavy atom. The Balaban J connectivity index is 1.88. The molecule has 0 radical (unpaired) electrons.